The number of furan rings is 1. The molecule has 0 aromatic carbocycles. The molecule has 2 rings (SSSR count). The van der Waals surface area contributed by atoms with Crippen LogP contribution in [0.3, 0.4) is 0 Å². The zero-order chi connectivity index (χ0) is 16.1. The van der Waals surface area contributed by atoms with E-state index < -0.39 is 5.91 Å². The van der Waals surface area contributed by atoms with Crippen LogP contribution in [0.4, 0.5) is 0 Å². The minimum Gasteiger partial charge on any atom is -0.454 e. The quantitative estimate of drug-likeness (QED) is 0.656. The van der Waals surface area contributed by atoms with E-state index >= 15 is 0 Å². The first-order chi connectivity index (χ1) is 10.5. The number of amides is 1. The highest BCUT2D eigenvalue weighted by molar-refractivity contribution is 5.89. The first-order valence-corrected chi connectivity index (χ1v) is 7.91. The topological polar surface area (TPSA) is 83.9 Å². The van der Waals surface area contributed by atoms with Crippen LogP contribution in [0.25, 0.3) is 0 Å². The van der Waals surface area contributed by atoms with Crippen molar-refractivity contribution in [3.05, 3.63) is 23.7 Å². The van der Waals surface area contributed by atoms with Crippen LogP contribution in [0.1, 0.15) is 43.5 Å². The Kier molecular flexibility index (Phi) is 5.46. The fourth-order valence-corrected chi connectivity index (χ4v) is 3.01. The van der Waals surface area contributed by atoms with Crippen LogP contribution in [0, 0.1) is 11.8 Å². The summed E-state index contributed by atoms with van der Waals surface area (Å²) in [7, 11) is 0. The van der Waals surface area contributed by atoms with Crippen LogP contribution in [0.2, 0.25) is 0 Å². The molecular formula is C16H26N4O2. The van der Waals surface area contributed by atoms with E-state index in [2.05, 4.69) is 36.0 Å². The molecule has 0 radical (unpaired) electrons. The van der Waals surface area contributed by atoms with Crippen LogP contribution in [-0.4, -0.2) is 36.4 Å². The number of carbonyl (C=O) groups is 1. The number of nitrogens with two attached hydrogens (primary N) is 1. The maximum atomic E-state index is 11.0. The molecule has 3 N–H and O–H groups in total. The average molecular weight is 306 g/mol. The summed E-state index contributed by atoms with van der Waals surface area (Å²) in [6.07, 6.45) is 1.26. The summed E-state index contributed by atoms with van der Waals surface area (Å²) >= 11 is 0. The SMILES string of the molecule is CCNC(=NCc1ccc(C(N)=O)o1)N1CC(C)CC(C)C1. The number of nitrogens with zero attached hydrogens (tertiary/aromatic N) is 2. The molecule has 6 heteroatoms. The first kappa shape index (κ1) is 16.4. The van der Waals surface area contributed by atoms with E-state index in [0.29, 0.717) is 24.1 Å². The first-order valence-electron chi connectivity index (χ1n) is 7.91. The lowest BCUT2D eigenvalue weighted by Gasteiger charge is -2.37. The van der Waals surface area contributed by atoms with E-state index in [1.165, 1.54) is 6.42 Å². The summed E-state index contributed by atoms with van der Waals surface area (Å²) in [6.45, 7) is 9.86. The van der Waals surface area contributed by atoms with Gasteiger partial charge >= 0.3 is 0 Å². The van der Waals surface area contributed by atoms with Gasteiger partial charge in [0, 0.05) is 19.6 Å². The second kappa shape index (κ2) is 7.33. The Morgan fingerprint density at radius 2 is 2.09 bits per heavy atom. The molecule has 1 saturated heterocycles. The van der Waals surface area contributed by atoms with E-state index in [9.17, 15) is 4.79 Å². The smallest absolute Gasteiger partial charge is 0.284 e. The molecular weight excluding hydrogens is 280 g/mol. The van der Waals surface area contributed by atoms with Gasteiger partial charge in [0.25, 0.3) is 5.91 Å². The largest absolute Gasteiger partial charge is 0.454 e. The van der Waals surface area contributed by atoms with Crippen molar-refractivity contribution in [3.63, 3.8) is 0 Å². The van der Waals surface area contributed by atoms with Gasteiger partial charge in [-0.1, -0.05) is 13.8 Å². The number of piperidine rings is 1. The zero-order valence-corrected chi connectivity index (χ0v) is 13.6. The second-order valence-electron chi connectivity index (χ2n) is 6.15. The number of carbonyl (C=O) groups excluding carboxylic acids is 1. The van der Waals surface area contributed by atoms with E-state index in [1.54, 1.807) is 12.1 Å². The van der Waals surface area contributed by atoms with Crippen molar-refractivity contribution in [1.82, 2.24) is 10.2 Å². The number of likely N-dealkylation sites (tertiary alicyclic amines) is 1. The van der Waals surface area contributed by atoms with Crippen LogP contribution in [-0.2, 0) is 6.54 Å². The lowest BCUT2D eigenvalue weighted by Crippen LogP contribution is -2.48. The monoisotopic (exact) mass is 306 g/mol. The summed E-state index contributed by atoms with van der Waals surface area (Å²) in [5.41, 5.74) is 5.19. The van der Waals surface area contributed by atoms with Gasteiger partial charge in [0.2, 0.25) is 0 Å². The highest BCUT2D eigenvalue weighted by atomic mass is 16.3. The Balaban J connectivity index is 2.07. The average Bonchev–Trinajstić information content (AvgIpc) is 2.91. The fraction of sp³-hybridized carbons (Fsp3) is 0.625. The Labute approximate surface area is 131 Å². The number of hydrogen-bond donors (Lipinski definition) is 2. The van der Waals surface area contributed by atoms with Crippen molar-refractivity contribution in [3.8, 4) is 0 Å². The summed E-state index contributed by atoms with van der Waals surface area (Å²) in [5, 5.41) is 3.34. The molecule has 0 saturated carbocycles. The molecule has 22 heavy (non-hydrogen) atoms. The summed E-state index contributed by atoms with van der Waals surface area (Å²) in [5.74, 6) is 2.49. The predicted molar refractivity (Wildman–Crippen MR) is 86.6 cm³/mol. The molecule has 1 fully saturated rings. The number of guanidine groups is 1. The van der Waals surface area contributed by atoms with Gasteiger partial charge < -0.3 is 20.4 Å². The zero-order valence-electron chi connectivity index (χ0n) is 13.6. The van der Waals surface area contributed by atoms with Crippen molar-refractivity contribution in [2.45, 2.75) is 33.7 Å². The third kappa shape index (κ3) is 4.26. The van der Waals surface area contributed by atoms with Gasteiger partial charge in [-0.2, -0.15) is 0 Å². The molecule has 2 heterocycles. The molecule has 2 unspecified atom stereocenters. The molecule has 1 amide bonds. The fourth-order valence-electron chi connectivity index (χ4n) is 3.01. The Bertz CT molecular complexity index is 528. The number of aliphatic imine (C=N–C) groups is 1. The maximum Gasteiger partial charge on any atom is 0.284 e. The number of hydrogen-bond acceptors (Lipinski definition) is 3. The van der Waals surface area contributed by atoms with Crippen molar-refractivity contribution >= 4 is 11.9 Å². The van der Waals surface area contributed by atoms with Gasteiger partial charge in [-0.05, 0) is 37.3 Å². The molecule has 1 aromatic rings. The summed E-state index contributed by atoms with van der Waals surface area (Å²) in [6, 6.07) is 3.33. The third-order valence-corrected chi connectivity index (χ3v) is 3.79. The highest BCUT2D eigenvalue weighted by Crippen LogP contribution is 2.21. The summed E-state index contributed by atoms with van der Waals surface area (Å²) < 4.78 is 5.38. The van der Waals surface area contributed by atoms with E-state index in [4.69, 9.17) is 10.2 Å². The molecule has 6 nitrogen and oxygen atoms in total. The molecule has 0 bridgehead atoms. The molecule has 1 aromatic heterocycles. The van der Waals surface area contributed by atoms with Gasteiger partial charge in [0.05, 0.1) is 0 Å². The minimum absolute atomic E-state index is 0.176. The van der Waals surface area contributed by atoms with Gasteiger partial charge in [-0.3, -0.25) is 4.79 Å². The van der Waals surface area contributed by atoms with Crippen LogP contribution >= 0.6 is 0 Å². The summed E-state index contributed by atoms with van der Waals surface area (Å²) in [4.78, 5) is 18.0. The minimum atomic E-state index is -0.555. The Morgan fingerprint density at radius 3 is 2.64 bits per heavy atom. The van der Waals surface area contributed by atoms with E-state index in [-0.39, 0.29) is 5.76 Å². The number of rotatable bonds is 4. The maximum absolute atomic E-state index is 11.0. The lowest BCUT2D eigenvalue weighted by molar-refractivity contribution is 0.0972. The normalized spacial score (nSPS) is 22.7. The second-order valence-corrected chi connectivity index (χ2v) is 6.15. The van der Waals surface area contributed by atoms with Crippen LogP contribution < -0.4 is 11.1 Å². The Morgan fingerprint density at radius 1 is 1.41 bits per heavy atom. The standard InChI is InChI=1S/C16H26N4O2/c1-4-18-16(20-9-11(2)7-12(3)10-20)19-8-13-5-6-14(22-13)15(17)21/h5-6,11-12H,4,7-10H2,1-3H3,(H2,17,21)(H,18,19). The molecule has 0 aliphatic carbocycles. The highest BCUT2D eigenvalue weighted by Gasteiger charge is 2.24. The van der Waals surface area contributed by atoms with Crippen LogP contribution in [0.5, 0.6) is 0 Å². The number of primary amides is 1. The van der Waals surface area contributed by atoms with Crippen LogP contribution in [0.15, 0.2) is 21.5 Å². The van der Waals surface area contributed by atoms with Crippen molar-refractivity contribution in [2.75, 3.05) is 19.6 Å². The van der Waals surface area contributed by atoms with Gasteiger partial charge in [0.1, 0.15) is 12.3 Å². The molecule has 1 aliphatic rings. The Hall–Kier alpha value is -1.98. The van der Waals surface area contributed by atoms with Gasteiger partial charge in [-0.25, -0.2) is 4.99 Å². The molecule has 122 valence electrons. The number of nitrogens with one attached hydrogen (secondary N) is 1. The molecule has 1 aliphatic heterocycles. The van der Waals surface area contributed by atoms with Gasteiger partial charge in [-0.15, -0.1) is 0 Å². The lowest BCUT2D eigenvalue weighted by atomic mass is 9.92. The molecule has 0 spiro atoms. The molecule has 2 atom stereocenters. The van der Waals surface area contributed by atoms with Crippen molar-refractivity contribution in [1.29, 1.82) is 0 Å². The van der Waals surface area contributed by atoms with E-state index in [0.717, 1.165) is 25.6 Å². The van der Waals surface area contributed by atoms with Crippen molar-refractivity contribution < 1.29 is 9.21 Å². The van der Waals surface area contributed by atoms with Gasteiger partial charge in [0.15, 0.2) is 11.7 Å². The van der Waals surface area contributed by atoms with Crippen molar-refractivity contribution in [2.24, 2.45) is 22.6 Å². The third-order valence-electron chi connectivity index (χ3n) is 3.79. The predicted octanol–water partition coefficient (Wildman–Crippen LogP) is 1.82. The van der Waals surface area contributed by atoms with E-state index in [1.807, 2.05) is 0 Å².